The Labute approximate surface area is 114 Å². The van der Waals surface area contributed by atoms with Crippen LogP contribution < -0.4 is 4.74 Å². The van der Waals surface area contributed by atoms with Crippen LogP contribution in [0.15, 0.2) is 24.4 Å². The SMILES string of the molecule is COc1cccc2nc(CC3CCN(C)CC3)cn12. The highest BCUT2D eigenvalue weighted by Crippen LogP contribution is 2.22. The molecule has 1 saturated heterocycles. The Morgan fingerprint density at radius 2 is 2.11 bits per heavy atom. The van der Waals surface area contributed by atoms with Crippen LogP contribution in [0.4, 0.5) is 0 Å². The Morgan fingerprint density at radius 1 is 1.32 bits per heavy atom. The minimum atomic E-state index is 0.770. The maximum atomic E-state index is 5.36. The molecule has 2 aromatic heterocycles. The predicted octanol–water partition coefficient (Wildman–Crippen LogP) is 2.23. The maximum Gasteiger partial charge on any atom is 0.198 e. The van der Waals surface area contributed by atoms with Gasteiger partial charge in [-0.1, -0.05) is 6.07 Å². The lowest BCUT2D eigenvalue weighted by molar-refractivity contribution is 0.218. The molecule has 4 heteroatoms. The molecule has 1 fully saturated rings. The highest BCUT2D eigenvalue weighted by molar-refractivity contribution is 5.43. The highest BCUT2D eigenvalue weighted by Gasteiger charge is 2.18. The van der Waals surface area contributed by atoms with E-state index in [-0.39, 0.29) is 0 Å². The van der Waals surface area contributed by atoms with E-state index in [9.17, 15) is 0 Å². The Balaban J connectivity index is 1.78. The van der Waals surface area contributed by atoms with Gasteiger partial charge in [-0.2, -0.15) is 0 Å². The largest absolute Gasteiger partial charge is 0.482 e. The van der Waals surface area contributed by atoms with Crippen molar-refractivity contribution in [1.82, 2.24) is 14.3 Å². The van der Waals surface area contributed by atoms with Crippen molar-refractivity contribution in [1.29, 1.82) is 0 Å². The van der Waals surface area contributed by atoms with Gasteiger partial charge in [0, 0.05) is 6.20 Å². The summed E-state index contributed by atoms with van der Waals surface area (Å²) in [7, 11) is 3.90. The molecule has 0 aliphatic carbocycles. The molecule has 0 saturated carbocycles. The van der Waals surface area contributed by atoms with E-state index in [0.29, 0.717) is 0 Å². The minimum absolute atomic E-state index is 0.770. The van der Waals surface area contributed by atoms with E-state index in [0.717, 1.165) is 23.9 Å². The Kier molecular flexibility index (Phi) is 3.42. The van der Waals surface area contributed by atoms with Crippen LogP contribution in [0.25, 0.3) is 5.65 Å². The summed E-state index contributed by atoms with van der Waals surface area (Å²) in [5.41, 5.74) is 2.15. The first-order valence-corrected chi connectivity index (χ1v) is 6.96. The van der Waals surface area contributed by atoms with Crippen molar-refractivity contribution < 1.29 is 4.74 Å². The Bertz CT molecular complexity index is 556. The number of rotatable bonds is 3. The molecule has 0 radical (unpaired) electrons. The van der Waals surface area contributed by atoms with Gasteiger partial charge in [0.2, 0.25) is 0 Å². The van der Waals surface area contributed by atoms with E-state index in [1.165, 1.54) is 31.6 Å². The van der Waals surface area contributed by atoms with Gasteiger partial charge in [0.15, 0.2) is 5.88 Å². The third kappa shape index (κ3) is 2.59. The summed E-state index contributed by atoms with van der Waals surface area (Å²) in [6, 6.07) is 5.98. The third-order valence-corrected chi connectivity index (χ3v) is 4.05. The smallest absolute Gasteiger partial charge is 0.198 e. The fourth-order valence-corrected chi connectivity index (χ4v) is 2.86. The van der Waals surface area contributed by atoms with Gasteiger partial charge in [-0.25, -0.2) is 4.98 Å². The molecule has 4 nitrogen and oxygen atoms in total. The Hall–Kier alpha value is -1.55. The van der Waals surface area contributed by atoms with Crippen LogP contribution >= 0.6 is 0 Å². The zero-order valence-corrected chi connectivity index (χ0v) is 11.7. The van der Waals surface area contributed by atoms with Crippen molar-refractivity contribution in [2.24, 2.45) is 5.92 Å². The van der Waals surface area contributed by atoms with Crippen LogP contribution in [0.2, 0.25) is 0 Å². The molecular weight excluding hydrogens is 238 g/mol. The van der Waals surface area contributed by atoms with Gasteiger partial charge in [-0.15, -0.1) is 0 Å². The van der Waals surface area contributed by atoms with Crippen molar-refractivity contribution in [2.75, 3.05) is 27.2 Å². The van der Waals surface area contributed by atoms with Crippen LogP contribution in [-0.2, 0) is 6.42 Å². The van der Waals surface area contributed by atoms with Crippen LogP contribution in [0.3, 0.4) is 0 Å². The fraction of sp³-hybridized carbons (Fsp3) is 0.533. The van der Waals surface area contributed by atoms with Crippen molar-refractivity contribution in [3.63, 3.8) is 0 Å². The molecular formula is C15H21N3O. The lowest BCUT2D eigenvalue weighted by atomic mass is 9.93. The summed E-state index contributed by atoms with van der Waals surface area (Å²) < 4.78 is 7.39. The topological polar surface area (TPSA) is 29.8 Å². The molecule has 19 heavy (non-hydrogen) atoms. The van der Waals surface area contributed by atoms with Crippen LogP contribution in [0, 0.1) is 5.92 Å². The van der Waals surface area contributed by atoms with Gasteiger partial charge in [0.25, 0.3) is 0 Å². The van der Waals surface area contributed by atoms with Crippen LogP contribution in [0.5, 0.6) is 5.88 Å². The number of hydrogen-bond donors (Lipinski definition) is 0. The van der Waals surface area contributed by atoms with E-state index in [2.05, 4.69) is 18.1 Å². The summed E-state index contributed by atoms with van der Waals surface area (Å²) in [6.45, 7) is 2.42. The highest BCUT2D eigenvalue weighted by atomic mass is 16.5. The summed E-state index contributed by atoms with van der Waals surface area (Å²) >= 11 is 0. The standard InChI is InChI=1S/C15H21N3O/c1-17-8-6-12(7-9-17)10-13-11-18-14(16-13)4-3-5-15(18)19-2/h3-5,11-12H,6-10H2,1-2H3. The van der Waals surface area contributed by atoms with Crippen molar-refractivity contribution in [2.45, 2.75) is 19.3 Å². The Morgan fingerprint density at radius 3 is 2.84 bits per heavy atom. The molecule has 0 aromatic carbocycles. The normalized spacial score (nSPS) is 18.0. The molecule has 3 heterocycles. The molecule has 1 aliphatic heterocycles. The summed E-state index contributed by atoms with van der Waals surface area (Å²) in [6.07, 6.45) is 5.76. The molecule has 0 spiro atoms. The summed E-state index contributed by atoms with van der Waals surface area (Å²) in [5.74, 6) is 1.62. The second kappa shape index (κ2) is 5.21. The van der Waals surface area contributed by atoms with E-state index in [1.54, 1.807) is 7.11 Å². The maximum absolute atomic E-state index is 5.36. The van der Waals surface area contributed by atoms with Crippen LogP contribution in [-0.4, -0.2) is 41.5 Å². The monoisotopic (exact) mass is 259 g/mol. The first-order valence-electron chi connectivity index (χ1n) is 6.96. The number of pyridine rings is 1. The van der Waals surface area contributed by atoms with Crippen molar-refractivity contribution >= 4 is 5.65 Å². The number of piperidine rings is 1. The molecule has 0 N–H and O–H groups in total. The first kappa shape index (κ1) is 12.5. The van der Waals surface area contributed by atoms with Gasteiger partial charge >= 0.3 is 0 Å². The molecule has 2 aromatic rings. The molecule has 0 bridgehead atoms. The van der Waals surface area contributed by atoms with Gasteiger partial charge in [-0.3, -0.25) is 4.40 Å². The van der Waals surface area contributed by atoms with E-state index < -0.39 is 0 Å². The second-order valence-corrected chi connectivity index (χ2v) is 5.48. The van der Waals surface area contributed by atoms with Crippen LogP contribution in [0.1, 0.15) is 18.5 Å². The van der Waals surface area contributed by atoms with Crippen molar-refractivity contribution in [3.05, 3.63) is 30.1 Å². The van der Waals surface area contributed by atoms with E-state index in [1.807, 2.05) is 22.6 Å². The third-order valence-electron chi connectivity index (χ3n) is 4.05. The number of hydrogen-bond acceptors (Lipinski definition) is 3. The predicted molar refractivity (Wildman–Crippen MR) is 75.7 cm³/mol. The number of imidazole rings is 1. The van der Waals surface area contributed by atoms with E-state index in [4.69, 9.17) is 9.72 Å². The molecule has 1 aliphatic rings. The average molecular weight is 259 g/mol. The zero-order valence-electron chi connectivity index (χ0n) is 11.7. The number of likely N-dealkylation sites (tertiary alicyclic amines) is 1. The van der Waals surface area contributed by atoms with E-state index >= 15 is 0 Å². The number of methoxy groups -OCH3 is 1. The quantitative estimate of drug-likeness (QED) is 0.846. The fourth-order valence-electron chi connectivity index (χ4n) is 2.86. The lowest BCUT2D eigenvalue weighted by Gasteiger charge is -2.28. The molecule has 102 valence electrons. The van der Waals surface area contributed by atoms with Gasteiger partial charge in [0.1, 0.15) is 5.65 Å². The number of aromatic nitrogens is 2. The molecule has 3 rings (SSSR count). The number of fused-ring (bicyclic) bond motifs is 1. The molecule has 0 atom stereocenters. The number of nitrogens with zero attached hydrogens (tertiary/aromatic N) is 3. The summed E-state index contributed by atoms with van der Waals surface area (Å²) in [5, 5.41) is 0. The minimum Gasteiger partial charge on any atom is -0.482 e. The summed E-state index contributed by atoms with van der Waals surface area (Å²) in [4.78, 5) is 7.11. The molecule has 0 amide bonds. The lowest BCUT2D eigenvalue weighted by Crippen LogP contribution is -2.30. The molecule has 0 unspecified atom stereocenters. The first-order chi connectivity index (χ1) is 9.26. The van der Waals surface area contributed by atoms with Gasteiger partial charge in [-0.05, 0) is 57.5 Å². The average Bonchev–Trinajstić information content (AvgIpc) is 2.83. The number of ether oxygens (including phenoxy) is 1. The van der Waals surface area contributed by atoms with Gasteiger partial charge in [0.05, 0.1) is 12.8 Å². The van der Waals surface area contributed by atoms with Crippen molar-refractivity contribution in [3.8, 4) is 5.88 Å². The van der Waals surface area contributed by atoms with Gasteiger partial charge < -0.3 is 9.64 Å². The second-order valence-electron chi connectivity index (χ2n) is 5.48. The zero-order chi connectivity index (χ0) is 13.2.